The van der Waals surface area contributed by atoms with E-state index in [1.54, 1.807) is 4.68 Å². The highest BCUT2D eigenvalue weighted by molar-refractivity contribution is 5.88. The summed E-state index contributed by atoms with van der Waals surface area (Å²) >= 11 is 0. The quantitative estimate of drug-likeness (QED) is 0.398. The van der Waals surface area contributed by atoms with Crippen LogP contribution in [0.1, 0.15) is 31.4 Å². The fourth-order valence-corrected chi connectivity index (χ4v) is 4.74. The average molecular weight is 474 g/mol. The number of nitrogens with zero attached hydrogens (tertiary/aromatic N) is 6. The maximum Gasteiger partial charge on any atom is 0.280 e. The highest BCUT2D eigenvalue weighted by Gasteiger charge is 2.22. The zero-order valence-corrected chi connectivity index (χ0v) is 20.1. The third-order valence-corrected chi connectivity index (χ3v) is 6.49. The molecule has 0 aliphatic carbocycles. The van der Waals surface area contributed by atoms with Gasteiger partial charge in [0, 0.05) is 18.9 Å². The third kappa shape index (κ3) is 4.90. The topological polar surface area (TPSA) is 90.0 Å². The van der Waals surface area contributed by atoms with E-state index in [2.05, 4.69) is 15.3 Å². The molecule has 1 aliphatic heterocycles. The number of rotatable bonds is 8. The zero-order valence-electron chi connectivity index (χ0n) is 20.1. The van der Waals surface area contributed by atoms with Crippen molar-refractivity contribution in [1.82, 2.24) is 34.3 Å². The van der Waals surface area contributed by atoms with Crippen molar-refractivity contribution in [3.05, 3.63) is 70.9 Å². The minimum absolute atomic E-state index is 0.124. The van der Waals surface area contributed by atoms with Crippen molar-refractivity contribution >= 4 is 16.8 Å². The maximum absolute atomic E-state index is 13.6. The van der Waals surface area contributed by atoms with Gasteiger partial charge in [-0.05, 0) is 70.1 Å². The number of aryl methyl sites for hydroxylation is 1. The molecule has 0 radical (unpaired) electrons. The van der Waals surface area contributed by atoms with E-state index in [1.165, 1.54) is 23.9 Å². The molecule has 0 unspecified atom stereocenters. The Hall–Kier alpha value is -3.72. The minimum atomic E-state index is -0.333. The molecule has 1 aliphatic rings. The number of piperidine rings is 1. The average Bonchev–Trinajstić information content (AvgIpc) is 3.55. The second-order valence-corrected chi connectivity index (χ2v) is 9.04. The summed E-state index contributed by atoms with van der Waals surface area (Å²) in [5.74, 6) is 0.414. The minimum Gasteiger partial charge on any atom is -0.354 e. The first kappa shape index (κ1) is 23.0. The van der Waals surface area contributed by atoms with E-state index in [-0.39, 0.29) is 18.0 Å². The van der Waals surface area contributed by atoms with Gasteiger partial charge in [-0.15, -0.1) is 0 Å². The Bertz CT molecular complexity index is 1350. The molecule has 0 saturated carbocycles. The lowest BCUT2D eigenvalue weighted by atomic mass is 10.1. The van der Waals surface area contributed by atoms with Crippen LogP contribution in [0.2, 0.25) is 0 Å². The monoisotopic (exact) mass is 473 g/mol. The summed E-state index contributed by atoms with van der Waals surface area (Å²) in [6.07, 6.45) is 8.49. The largest absolute Gasteiger partial charge is 0.354 e. The van der Waals surface area contributed by atoms with Gasteiger partial charge >= 0.3 is 0 Å². The molecule has 4 heterocycles. The highest BCUT2D eigenvalue weighted by atomic mass is 16.2. The number of fused-ring (bicyclic) bond motifs is 1. The van der Waals surface area contributed by atoms with Crippen LogP contribution in [0.4, 0.5) is 0 Å². The smallest absolute Gasteiger partial charge is 0.280 e. The Kier molecular flexibility index (Phi) is 6.76. The number of aromatic nitrogens is 5. The van der Waals surface area contributed by atoms with Gasteiger partial charge in [0.05, 0.1) is 11.4 Å². The lowest BCUT2D eigenvalue weighted by Gasteiger charge is -2.26. The molecule has 0 atom stereocenters. The number of para-hydroxylation sites is 1. The lowest BCUT2D eigenvalue weighted by molar-refractivity contribution is -0.121. The molecule has 4 aromatic rings. The van der Waals surface area contributed by atoms with E-state index in [0.29, 0.717) is 29.0 Å². The number of nitrogens with one attached hydrogen (secondary N) is 1. The van der Waals surface area contributed by atoms with Crippen LogP contribution in [0.5, 0.6) is 0 Å². The molecular weight excluding hydrogens is 442 g/mol. The van der Waals surface area contributed by atoms with Crippen LogP contribution in [0.3, 0.4) is 0 Å². The van der Waals surface area contributed by atoms with Crippen LogP contribution in [0, 0.1) is 6.92 Å². The molecular formula is C26H31N7O2. The summed E-state index contributed by atoms with van der Waals surface area (Å²) in [4.78, 5) is 28.7. The van der Waals surface area contributed by atoms with Crippen LogP contribution in [0.25, 0.3) is 22.4 Å². The number of likely N-dealkylation sites (tertiary alicyclic amines) is 1. The molecule has 1 amide bonds. The Morgan fingerprint density at radius 3 is 2.49 bits per heavy atom. The Morgan fingerprint density at radius 2 is 1.74 bits per heavy atom. The van der Waals surface area contributed by atoms with Gasteiger partial charge < -0.3 is 14.8 Å². The number of carbonyl (C=O) groups is 1. The van der Waals surface area contributed by atoms with Gasteiger partial charge in [-0.3, -0.25) is 9.59 Å². The van der Waals surface area contributed by atoms with E-state index >= 15 is 0 Å². The summed E-state index contributed by atoms with van der Waals surface area (Å²) in [6, 6.07) is 13.5. The number of hydrogen-bond acceptors (Lipinski definition) is 5. The van der Waals surface area contributed by atoms with Gasteiger partial charge in [-0.25, -0.2) is 9.36 Å². The van der Waals surface area contributed by atoms with Crippen LogP contribution >= 0.6 is 0 Å². The van der Waals surface area contributed by atoms with Crippen molar-refractivity contribution in [3.8, 4) is 11.5 Å². The van der Waals surface area contributed by atoms with Gasteiger partial charge in [0.2, 0.25) is 5.91 Å². The molecule has 35 heavy (non-hydrogen) atoms. The number of amides is 1. The van der Waals surface area contributed by atoms with Crippen LogP contribution in [-0.4, -0.2) is 61.1 Å². The van der Waals surface area contributed by atoms with Crippen LogP contribution < -0.4 is 10.9 Å². The predicted molar refractivity (Wildman–Crippen MR) is 135 cm³/mol. The first-order valence-electron chi connectivity index (χ1n) is 12.3. The summed E-state index contributed by atoms with van der Waals surface area (Å²) in [6.45, 7) is 5.56. The molecule has 0 spiro atoms. The molecule has 5 rings (SSSR count). The zero-order chi connectivity index (χ0) is 24.2. The van der Waals surface area contributed by atoms with Crippen molar-refractivity contribution in [2.24, 2.45) is 0 Å². The summed E-state index contributed by atoms with van der Waals surface area (Å²) in [5.41, 5.74) is 1.63. The molecule has 1 aromatic carbocycles. The van der Waals surface area contributed by atoms with E-state index in [0.717, 1.165) is 31.7 Å². The first-order valence-corrected chi connectivity index (χ1v) is 12.3. The number of carbonyl (C=O) groups excluding carboxylic acids is 1. The summed E-state index contributed by atoms with van der Waals surface area (Å²) in [5, 5.41) is 12.5. The highest BCUT2D eigenvalue weighted by Crippen LogP contribution is 2.24. The molecule has 182 valence electrons. The van der Waals surface area contributed by atoms with Crippen LogP contribution in [0.15, 0.2) is 59.7 Å². The van der Waals surface area contributed by atoms with Gasteiger partial charge in [0.15, 0.2) is 5.82 Å². The maximum atomic E-state index is 13.6. The predicted octanol–water partition coefficient (Wildman–Crippen LogP) is 2.67. The van der Waals surface area contributed by atoms with E-state index < -0.39 is 0 Å². The molecule has 1 N–H and O–H groups in total. The van der Waals surface area contributed by atoms with E-state index in [9.17, 15) is 9.59 Å². The van der Waals surface area contributed by atoms with Gasteiger partial charge in [-0.1, -0.05) is 24.6 Å². The molecule has 9 nitrogen and oxygen atoms in total. The number of benzene rings is 1. The molecule has 3 aromatic heterocycles. The fraction of sp³-hybridized carbons (Fsp3) is 0.385. The Labute approximate surface area is 204 Å². The van der Waals surface area contributed by atoms with Gasteiger partial charge in [0.1, 0.15) is 17.4 Å². The molecule has 9 heteroatoms. The van der Waals surface area contributed by atoms with E-state index in [4.69, 9.17) is 5.10 Å². The Balaban J connectivity index is 1.40. The van der Waals surface area contributed by atoms with Gasteiger partial charge in [0.25, 0.3) is 5.56 Å². The normalized spacial score (nSPS) is 14.4. The van der Waals surface area contributed by atoms with E-state index in [1.807, 2.05) is 66.3 Å². The molecule has 1 saturated heterocycles. The van der Waals surface area contributed by atoms with Crippen molar-refractivity contribution in [2.75, 3.05) is 26.2 Å². The second kappa shape index (κ2) is 10.3. The summed E-state index contributed by atoms with van der Waals surface area (Å²) < 4.78 is 4.88. The standard InChI is InChI=1S/C26H31N7O2/c1-20-24-23(25(31-17-8-9-18-31)33(29-24)21-11-4-2-5-12-21)26(35)32(28-20)19-22(34)27-13-10-16-30-14-6-3-7-15-30/h2,4-5,8-9,11-12,17-18H,3,6-7,10,13-16,19H2,1H3,(H,27,34). The number of hydrogen-bond donors (Lipinski definition) is 1. The third-order valence-electron chi connectivity index (χ3n) is 6.49. The first-order chi connectivity index (χ1) is 17.1. The van der Waals surface area contributed by atoms with Crippen molar-refractivity contribution < 1.29 is 4.79 Å². The molecule has 1 fully saturated rings. The van der Waals surface area contributed by atoms with Crippen molar-refractivity contribution in [1.29, 1.82) is 0 Å². The molecule has 0 bridgehead atoms. The van der Waals surface area contributed by atoms with Gasteiger partial charge in [-0.2, -0.15) is 10.2 Å². The lowest BCUT2D eigenvalue weighted by Crippen LogP contribution is -2.36. The summed E-state index contributed by atoms with van der Waals surface area (Å²) in [7, 11) is 0. The Morgan fingerprint density at radius 1 is 1.00 bits per heavy atom. The fourth-order valence-electron chi connectivity index (χ4n) is 4.74. The van der Waals surface area contributed by atoms with Crippen molar-refractivity contribution in [2.45, 2.75) is 39.2 Å². The SMILES string of the molecule is Cc1nn(CC(=O)NCCCN2CCCCC2)c(=O)c2c(-n3cccc3)n(-c3ccccc3)nc12. The van der Waals surface area contributed by atoms with Crippen LogP contribution in [-0.2, 0) is 11.3 Å². The second-order valence-electron chi connectivity index (χ2n) is 9.04. The van der Waals surface area contributed by atoms with Crippen molar-refractivity contribution in [3.63, 3.8) is 0 Å².